The van der Waals surface area contributed by atoms with Crippen LogP contribution in [-0.4, -0.2) is 23.6 Å². The van der Waals surface area contributed by atoms with Gasteiger partial charge in [-0.2, -0.15) is 13.2 Å². The highest BCUT2D eigenvalue weighted by Crippen LogP contribution is 2.32. The van der Waals surface area contributed by atoms with Crippen LogP contribution >= 0.6 is 0 Å². The molecule has 26 heavy (non-hydrogen) atoms. The number of nitrogens with zero attached hydrogens (tertiary/aromatic N) is 2. The number of rotatable bonds is 6. The van der Waals surface area contributed by atoms with Crippen LogP contribution in [0.1, 0.15) is 23.8 Å². The van der Waals surface area contributed by atoms with Gasteiger partial charge in [-0.05, 0) is 37.2 Å². The molecule has 2 aromatic heterocycles. The van der Waals surface area contributed by atoms with Gasteiger partial charge in [-0.25, -0.2) is 0 Å². The van der Waals surface area contributed by atoms with Crippen LogP contribution in [0.5, 0.6) is 5.75 Å². The molecule has 1 N–H and O–H groups in total. The van der Waals surface area contributed by atoms with Gasteiger partial charge in [0.05, 0.1) is 0 Å². The van der Waals surface area contributed by atoms with Crippen LogP contribution in [0.25, 0.3) is 10.8 Å². The van der Waals surface area contributed by atoms with Crippen molar-refractivity contribution in [3.8, 4) is 5.75 Å². The van der Waals surface area contributed by atoms with E-state index in [9.17, 15) is 13.2 Å². The van der Waals surface area contributed by atoms with Crippen LogP contribution in [0.15, 0.2) is 55.0 Å². The predicted octanol–water partition coefficient (Wildman–Crippen LogP) is 4.38. The Labute approximate surface area is 149 Å². The minimum atomic E-state index is -4.46. The largest absolute Gasteiger partial charge is 0.485 e. The van der Waals surface area contributed by atoms with E-state index in [2.05, 4.69) is 15.3 Å². The van der Waals surface area contributed by atoms with E-state index in [4.69, 9.17) is 4.74 Å². The number of hydrogen-bond acceptors (Lipinski definition) is 4. The molecule has 0 radical (unpaired) electrons. The van der Waals surface area contributed by atoms with Crippen molar-refractivity contribution < 1.29 is 17.9 Å². The fraction of sp³-hybridized carbons (Fsp3) is 0.263. The number of ether oxygens (including phenoxy) is 1. The fourth-order valence-electron chi connectivity index (χ4n) is 2.67. The molecule has 0 spiro atoms. The first-order chi connectivity index (χ1) is 12.5. The molecule has 1 aromatic carbocycles. The van der Waals surface area contributed by atoms with Gasteiger partial charge in [-0.3, -0.25) is 9.97 Å². The zero-order valence-corrected chi connectivity index (χ0v) is 14.1. The Morgan fingerprint density at radius 1 is 1.12 bits per heavy atom. The van der Waals surface area contributed by atoms with Crippen molar-refractivity contribution in [1.82, 2.24) is 15.3 Å². The molecule has 0 aliphatic rings. The predicted molar refractivity (Wildman–Crippen MR) is 92.9 cm³/mol. The minimum absolute atomic E-state index is 0.428. The summed E-state index contributed by atoms with van der Waals surface area (Å²) in [6, 6.07) is 9.93. The van der Waals surface area contributed by atoms with Gasteiger partial charge in [-0.15, -0.1) is 0 Å². The molecular weight excluding hydrogens is 343 g/mol. The molecule has 4 nitrogen and oxygen atoms in total. The number of nitrogens with one attached hydrogen (secondary N) is 1. The Kier molecular flexibility index (Phi) is 5.37. The Bertz CT molecular complexity index is 861. The Balaban J connectivity index is 1.90. The summed E-state index contributed by atoms with van der Waals surface area (Å²) in [5, 5.41) is 4.87. The number of fused-ring (bicyclic) bond motifs is 1. The van der Waals surface area contributed by atoms with E-state index >= 15 is 0 Å². The fourth-order valence-corrected chi connectivity index (χ4v) is 2.67. The summed E-state index contributed by atoms with van der Waals surface area (Å²) in [5.74, 6) is 0.636. The standard InChI is InChI=1S/C19H18F3N3O/c1-23-9-8-16(14-5-6-18(25-11-14)19(20,21)22)26-17-4-2-3-13-7-10-24-12-15(13)17/h2-7,10-12,16,23H,8-9H2,1H3. The molecule has 0 saturated carbocycles. The van der Waals surface area contributed by atoms with E-state index in [1.165, 1.54) is 12.3 Å². The van der Waals surface area contributed by atoms with Gasteiger partial charge < -0.3 is 10.1 Å². The van der Waals surface area contributed by atoms with Crippen LogP contribution in [0.4, 0.5) is 13.2 Å². The van der Waals surface area contributed by atoms with Crippen LogP contribution in [0, 0.1) is 0 Å². The van der Waals surface area contributed by atoms with Gasteiger partial charge in [0.15, 0.2) is 0 Å². The summed E-state index contributed by atoms with van der Waals surface area (Å²) < 4.78 is 44.3. The van der Waals surface area contributed by atoms with Gasteiger partial charge in [0.1, 0.15) is 17.5 Å². The van der Waals surface area contributed by atoms with Crippen molar-refractivity contribution in [2.24, 2.45) is 0 Å². The summed E-state index contributed by atoms with van der Waals surface area (Å²) in [6.45, 7) is 0.648. The zero-order valence-electron chi connectivity index (χ0n) is 14.1. The van der Waals surface area contributed by atoms with Crippen LogP contribution in [0.2, 0.25) is 0 Å². The maximum atomic E-state index is 12.7. The first-order valence-corrected chi connectivity index (χ1v) is 8.16. The third-order valence-corrected chi connectivity index (χ3v) is 4.02. The SMILES string of the molecule is CNCCC(Oc1cccc2ccncc12)c1ccc(C(F)(F)F)nc1. The van der Waals surface area contributed by atoms with Crippen molar-refractivity contribution in [3.05, 3.63) is 66.2 Å². The average molecular weight is 361 g/mol. The van der Waals surface area contributed by atoms with Crippen LogP contribution in [0.3, 0.4) is 0 Å². The lowest BCUT2D eigenvalue weighted by Crippen LogP contribution is -2.17. The average Bonchev–Trinajstić information content (AvgIpc) is 2.64. The van der Waals surface area contributed by atoms with Crippen LogP contribution < -0.4 is 10.1 Å². The molecule has 136 valence electrons. The number of halogens is 3. The monoisotopic (exact) mass is 361 g/mol. The normalized spacial score (nSPS) is 12.9. The van der Waals surface area contributed by atoms with E-state index in [0.29, 0.717) is 24.3 Å². The summed E-state index contributed by atoms with van der Waals surface area (Å²) in [6.07, 6.45) is 0.339. The van der Waals surface area contributed by atoms with Crippen LogP contribution in [-0.2, 0) is 6.18 Å². The van der Waals surface area contributed by atoms with E-state index < -0.39 is 18.0 Å². The third-order valence-electron chi connectivity index (χ3n) is 4.02. The van der Waals surface area contributed by atoms with Gasteiger partial charge in [-0.1, -0.05) is 18.2 Å². The van der Waals surface area contributed by atoms with E-state index in [-0.39, 0.29) is 0 Å². The molecule has 3 aromatic rings. The Morgan fingerprint density at radius 3 is 2.65 bits per heavy atom. The number of pyridine rings is 2. The number of alkyl halides is 3. The summed E-state index contributed by atoms with van der Waals surface area (Å²) >= 11 is 0. The first kappa shape index (κ1) is 18.1. The summed E-state index contributed by atoms with van der Waals surface area (Å²) in [4.78, 5) is 7.67. The maximum Gasteiger partial charge on any atom is 0.433 e. The minimum Gasteiger partial charge on any atom is -0.485 e. The van der Waals surface area contributed by atoms with Gasteiger partial charge in [0.25, 0.3) is 0 Å². The molecule has 0 aliphatic carbocycles. The van der Waals surface area contributed by atoms with Crippen molar-refractivity contribution in [2.45, 2.75) is 18.7 Å². The van der Waals surface area contributed by atoms with Gasteiger partial charge >= 0.3 is 6.18 Å². The lowest BCUT2D eigenvalue weighted by atomic mass is 10.1. The van der Waals surface area contributed by atoms with Gasteiger partial charge in [0.2, 0.25) is 0 Å². The van der Waals surface area contributed by atoms with E-state index in [0.717, 1.165) is 16.8 Å². The van der Waals surface area contributed by atoms with E-state index in [1.54, 1.807) is 12.4 Å². The Morgan fingerprint density at radius 2 is 1.96 bits per heavy atom. The lowest BCUT2D eigenvalue weighted by Gasteiger charge is -2.21. The molecule has 0 fully saturated rings. The molecule has 7 heteroatoms. The second kappa shape index (κ2) is 7.70. The molecule has 1 atom stereocenters. The maximum absolute atomic E-state index is 12.7. The third kappa shape index (κ3) is 4.11. The van der Waals surface area contributed by atoms with E-state index in [1.807, 2.05) is 31.3 Å². The molecule has 2 heterocycles. The Hall–Kier alpha value is -2.67. The van der Waals surface area contributed by atoms with Crippen molar-refractivity contribution in [1.29, 1.82) is 0 Å². The first-order valence-electron chi connectivity index (χ1n) is 8.16. The molecule has 0 saturated heterocycles. The second-order valence-electron chi connectivity index (χ2n) is 5.83. The quantitative estimate of drug-likeness (QED) is 0.708. The lowest BCUT2D eigenvalue weighted by molar-refractivity contribution is -0.141. The smallest absolute Gasteiger partial charge is 0.433 e. The molecule has 0 amide bonds. The summed E-state index contributed by atoms with van der Waals surface area (Å²) in [7, 11) is 1.81. The molecule has 0 aliphatic heterocycles. The highest BCUT2D eigenvalue weighted by atomic mass is 19.4. The second-order valence-corrected chi connectivity index (χ2v) is 5.83. The summed E-state index contributed by atoms with van der Waals surface area (Å²) in [5.41, 5.74) is -0.322. The van der Waals surface area contributed by atoms with Crippen molar-refractivity contribution >= 4 is 10.8 Å². The number of aromatic nitrogens is 2. The van der Waals surface area contributed by atoms with Crippen molar-refractivity contribution in [3.63, 3.8) is 0 Å². The zero-order chi connectivity index (χ0) is 18.6. The molecule has 3 rings (SSSR count). The topological polar surface area (TPSA) is 47.0 Å². The van der Waals surface area contributed by atoms with Gasteiger partial charge in [0, 0.05) is 36.0 Å². The number of hydrogen-bond donors (Lipinski definition) is 1. The molecule has 0 bridgehead atoms. The highest BCUT2D eigenvalue weighted by molar-refractivity contribution is 5.87. The molecular formula is C19H18F3N3O. The number of benzene rings is 1. The molecule has 1 unspecified atom stereocenters. The highest BCUT2D eigenvalue weighted by Gasteiger charge is 2.32. The van der Waals surface area contributed by atoms with Crippen molar-refractivity contribution in [2.75, 3.05) is 13.6 Å².